The molecule has 0 spiro atoms. The molecule has 0 aliphatic heterocycles. The van der Waals surface area contributed by atoms with Crippen LogP contribution in [0.25, 0.3) is 0 Å². The lowest BCUT2D eigenvalue weighted by Crippen LogP contribution is -2.43. The Bertz CT molecular complexity index is 689. The molecule has 1 unspecified atom stereocenters. The van der Waals surface area contributed by atoms with E-state index in [0.717, 1.165) is 6.26 Å². The van der Waals surface area contributed by atoms with Gasteiger partial charge in [-0.1, -0.05) is 5.92 Å². The zero-order chi connectivity index (χ0) is 16.8. The number of rotatable bonds is 6. The van der Waals surface area contributed by atoms with Crippen molar-refractivity contribution >= 4 is 27.5 Å². The Kier molecular flexibility index (Phi) is 5.95. The highest BCUT2D eigenvalue weighted by atomic mass is 32.2. The molecular weight excluding hydrogens is 308 g/mol. The third-order valence-corrected chi connectivity index (χ3v) is 3.67. The molecular formula is C14H16N2O5S. The molecule has 3 N–H and O–H groups in total. The number of carboxylic acid groups (broad SMARTS) is 1. The van der Waals surface area contributed by atoms with E-state index in [9.17, 15) is 18.0 Å². The maximum Gasteiger partial charge on any atom is 0.326 e. The number of benzene rings is 1. The molecule has 0 radical (unpaired) electrons. The Morgan fingerprint density at radius 1 is 1.32 bits per heavy atom. The number of hydrogen-bond donors (Lipinski definition) is 3. The zero-order valence-electron chi connectivity index (χ0n) is 11.9. The van der Waals surface area contributed by atoms with E-state index in [4.69, 9.17) is 11.5 Å². The fourth-order valence-electron chi connectivity index (χ4n) is 1.56. The Labute approximate surface area is 128 Å². The summed E-state index contributed by atoms with van der Waals surface area (Å²) in [5, 5.41) is 13.6. The minimum atomic E-state index is -3.31. The van der Waals surface area contributed by atoms with E-state index in [1.54, 1.807) is 24.3 Å². The van der Waals surface area contributed by atoms with Crippen LogP contribution in [0.4, 0.5) is 10.5 Å². The molecule has 0 saturated carbocycles. The second kappa shape index (κ2) is 7.47. The van der Waals surface area contributed by atoms with Crippen molar-refractivity contribution in [2.75, 3.05) is 17.3 Å². The molecule has 0 saturated heterocycles. The van der Waals surface area contributed by atoms with Crippen LogP contribution in [0.5, 0.6) is 0 Å². The molecule has 2 amide bonds. The first-order valence-electron chi connectivity index (χ1n) is 6.26. The van der Waals surface area contributed by atoms with Gasteiger partial charge in [-0.15, -0.1) is 6.42 Å². The zero-order valence-corrected chi connectivity index (χ0v) is 12.7. The fourth-order valence-corrected chi connectivity index (χ4v) is 2.23. The van der Waals surface area contributed by atoms with E-state index in [2.05, 4.69) is 16.6 Å². The first kappa shape index (κ1) is 17.5. The number of carboxylic acids is 1. The maximum atomic E-state index is 11.7. The summed E-state index contributed by atoms with van der Waals surface area (Å²) >= 11 is 0. The third-order valence-electron chi connectivity index (χ3n) is 2.69. The van der Waals surface area contributed by atoms with Crippen LogP contribution in [-0.2, 0) is 14.6 Å². The van der Waals surface area contributed by atoms with Gasteiger partial charge in [0.1, 0.15) is 15.9 Å². The Morgan fingerprint density at radius 3 is 2.36 bits per heavy atom. The number of sulfone groups is 1. The van der Waals surface area contributed by atoms with Gasteiger partial charge in [-0.05, 0) is 30.7 Å². The van der Waals surface area contributed by atoms with E-state index >= 15 is 0 Å². The number of anilines is 1. The van der Waals surface area contributed by atoms with Gasteiger partial charge in [0.25, 0.3) is 0 Å². The highest BCUT2D eigenvalue weighted by molar-refractivity contribution is 7.90. The highest BCUT2D eigenvalue weighted by Crippen LogP contribution is 2.08. The van der Waals surface area contributed by atoms with Crippen molar-refractivity contribution in [2.24, 2.45) is 0 Å². The summed E-state index contributed by atoms with van der Waals surface area (Å²) in [5.74, 6) is 0.786. The molecule has 1 atom stereocenters. The van der Waals surface area contributed by atoms with Gasteiger partial charge in [0, 0.05) is 17.5 Å². The molecule has 118 valence electrons. The maximum absolute atomic E-state index is 11.7. The van der Waals surface area contributed by atoms with E-state index < -0.39 is 27.9 Å². The average Bonchev–Trinajstić information content (AvgIpc) is 2.43. The molecule has 0 fully saturated rings. The Hall–Kier alpha value is -2.53. The number of hydrogen-bond acceptors (Lipinski definition) is 4. The van der Waals surface area contributed by atoms with Gasteiger partial charge in [0.15, 0.2) is 0 Å². The van der Waals surface area contributed by atoms with Crippen molar-refractivity contribution in [1.29, 1.82) is 0 Å². The molecule has 7 nitrogen and oxygen atoms in total. The lowest BCUT2D eigenvalue weighted by atomic mass is 10.2. The number of urea groups is 1. The van der Waals surface area contributed by atoms with Crippen molar-refractivity contribution in [1.82, 2.24) is 5.32 Å². The van der Waals surface area contributed by atoms with Gasteiger partial charge in [-0.25, -0.2) is 18.0 Å². The van der Waals surface area contributed by atoms with Crippen molar-refractivity contribution in [3.8, 4) is 12.3 Å². The van der Waals surface area contributed by atoms with Crippen LogP contribution in [0.15, 0.2) is 24.3 Å². The standard InChI is InChI=1S/C14H16N2O5S/c1-3-10-4-6-11(7-5-10)15-14(19)16-12(13(17)18)8-9-22(2,20)21/h1,4-7,12H,8-9H2,2H3,(H,17,18)(H2,15,16,19). The number of aliphatic carboxylic acids is 1. The minimum absolute atomic E-state index is 0.211. The van der Waals surface area contributed by atoms with Gasteiger partial charge in [-0.3, -0.25) is 0 Å². The highest BCUT2D eigenvalue weighted by Gasteiger charge is 2.21. The normalized spacial score (nSPS) is 12.0. The molecule has 8 heteroatoms. The fraction of sp³-hybridized carbons (Fsp3) is 0.286. The van der Waals surface area contributed by atoms with Gasteiger partial charge >= 0.3 is 12.0 Å². The van der Waals surface area contributed by atoms with Crippen LogP contribution in [0, 0.1) is 12.3 Å². The number of amides is 2. The van der Waals surface area contributed by atoms with Gasteiger partial charge < -0.3 is 15.7 Å². The summed E-state index contributed by atoms with van der Waals surface area (Å²) < 4.78 is 22.1. The number of terminal acetylenes is 1. The molecule has 22 heavy (non-hydrogen) atoms. The monoisotopic (exact) mass is 324 g/mol. The largest absolute Gasteiger partial charge is 0.480 e. The second-order valence-electron chi connectivity index (χ2n) is 4.63. The average molecular weight is 324 g/mol. The summed E-state index contributed by atoms with van der Waals surface area (Å²) in [6.45, 7) is 0. The van der Waals surface area contributed by atoms with Crippen molar-refractivity contribution in [2.45, 2.75) is 12.5 Å². The van der Waals surface area contributed by atoms with E-state index in [-0.39, 0.29) is 12.2 Å². The molecule has 0 aliphatic carbocycles. The van der Waals surface area contributed by atoms with Crippen molar-refractivity contribution in [3.05, 3.63) is 29.8 Å². The van der Waals surface area contributed by atoms with Gasteiger partial charge in [0.2, 0.25) is 0 Å². The molecule has 0 aliphatic rings. The van der Waals surface area contributed by atoms with Crippen LogP contribution in [0.2, 0.25) is 0 Å². The quantitative estimate of drug-likeness (QED) is 0.666. The molecule has 1 aromatic carbocycles. The van der Waals surface area contributed by atoms with Crippen LogP contribution in [0.1, 0.15) is 12.0 Å². The lowest BCUT2D eigenvalue weighted by Gasteiger charge is -2.14. The Balaban J connectivity index is 2.63. The van der Waals surface area contributed by atoms with Crippen LogP contribution in [0.3, 0.4) is 0 Å². The molecule has 0 heterocycles. The predicted octanol–water partition coefficient (Wildman–Crippen LogP) is 0.677. The van der Waals surface area contributed by atoms with E-state index in [0.29, 0.717) is 11.3 Å². The van der Waals surface area contributed by atoms with Crippen LogP contribution >= 0.6 is 0 Å². The van der Waals surface area contributed by atoms with E-state index in [1.807, 2.05) is 0 Å². The first-order chi connectivity index (χ1) is 10.2. The summed E-state index contributed by atoms with van der Waals surface area (Å²) in [4.78, 5) is 22.8. The molecule has 1 rings (SSSR count). The summed E-state index contributed by atoms with van der Waals surface area (Å²) in [5.41, 5.74) is 1.08. The third kappa shape index (κ3) is 6.28. The predicted molar refractivity (Wildman–Crippen MR) is 82.3 cm³/mol. The molecule has 0 aromatic heterocycles. The second-order valence-corrected chi connectivity index (χ2v) is 6.89. The summed E-state index contributed by atoms with van der Waals surface area (Å²) in [6.07, 6.45) is 5.99. The summed E-state index contributed by atoms with van der Waals surface area (Å²) in [6, 6.07) is 4.35. The topological polar surface area (TPSA) is 113 Å². The van der Waals surface area contributed by atoms with Crippen molar-refractivity contribution in [3.63, 3.8) is 0 Å². The van der Waals surface area contributed by atoms with Gasteiger partial charge in [-0.2, -0.15) is 0 Å². The molecule has 0 bridgehead atoms. The number of carbonyl (C=O) groups is 2. The first-order valence-corrected chi connectivity index (χ1v) is 8.32. The SMILES string of the molecule is C#Cc1ccc(NC(=O)NC(CCS(C)(=O)=O)C(=O)O)cc1. The van der Waals surface area contributed by atoms with Crippen molar-refractivity contribution < 1.29 is 23.1 Å². The number of carbonyl (C=O) groups excluding carboxylic acids is 1. The minimum Gasteiger partial charge on any atom is -0.480 e. The lowest BCUT2D eigenvalue weighted by molar-refractivity contribution is -0.139. The summed E-state index contributed by atoms with van der Waals surface area (Å²) in [7, 11) is -3.31. The number of nitrogens with one attached hydrogen (secondary N) is 2. The van der Waals surface area contributed by atoms with Gasteiger partial charge in [0.05, 0.1) is 5.75 Å². The molecule has 1 aromatic rings. The Morgan fingerprint density at radius 2 is 1.91 bits per heavy atom. The van der Waals surface area contributed by atoms with E-state index in [1.165, 1.54) is 0 Å². The van der Waals surface area contributed by atoms with Crippen LogP contribution < -0.4 is 10.6 Å². The van der Waals surface area contributed by atoms with Crippen LogP contribution in [-0.4, -0.2) is 43.6 Å². The smallest absolute Gasteiger partial charge is 0.326 e.